The summed E-state index contributed by atoms with van der Waals surface area (Å²) in [5.74, 6) is 2.87. The molecule has 2 fully saturated rings. The van der Waals surface area contributed by atoms with E-state index >= 15 is 0 Å². The quantitative estimate of drug-likeness (QED) is 0.431. The van der Waals surface area contributed by atoms with Gasteiger partial charge in [-0.3, -0.25) is 9.89 Å². The van der Waals surface area contributed by atoms with Crippen LogP contribution in [0.25, 0.3) is 0 Å². The Morgan fingerprint density at radius 2 is 1.55 bits per heavy atom. The van der Waals surface area contributed by atoms with Crippen molar-refractivity contribution in [1.82, 2.24) is 15.1 Å². The second-order valence-electron chi connectivity index (χ2n) is 7.17. The molecule has 5 heteroatoms. The fourth-order valence-electron chi connectivity index (χ4n) is 3.39. The largest absolute Gasteiger partial charge is 0.355 e. The molecule has 1 N–H and O–H groups in total. The van der Waals surface area contributed by atoms with Crippen molar-refractivity contribution in [3.05, 3.63) is 0 Å². The van der Waals surface area contributed by atoms with Crippen LogP contribution in [-0.4, -0.2) is 61.6 Å². The molecular weight excluding hydrogens is 387 g/mol. The van der Waals surface area contributed by atoms with Gasteiger partial charge in [0.15, 0.2) is 5.96 Å². The zero-order valence-electron chi connectivity index (χ0n) is 14.8. The molecule has 2 aliphatic rings. The molecule has 0 bridgehead atoms. The van der Waals surface area contributed by atoms with Crippen molar-refractivity contribution < 1.29 is 0 Å². The third kappa shape index (κ3) is 5.87. The van der Waals surface area contributed by atoms with Gasteiger partial charge in [0.05, 0.1) is 0 Å². The van der Waals surface area contributed by atoms with Gasteiger partial charge in [-0.1, -0.05) is 13.8 Å². The fraction of sp³-hybridized carbons (Fsp3) is 0.941. The smallest absolute Gasteiger partial charge is 0.193 e. The van der Waals surface area contributed by atoms with Crippen molar-refractivity contribution in [3.8, 4) is 0 Å². The molecule has 130 valence electrons. The predicted octanol–water partition coefficient (Wildman–Crippen LogP) is 3.03. The minimum absolute atomic E-state index is 0. The molecule has 1 unspecified atom stereocenters. The van der Waals surface area contributed by atoms with E-state index in [-0.39, 0.29) is 24.0 Å². The minimum Gasteiger partial charge on any atom is -0.355 e. The van der Waals surface area contributed by atoms with E-state index < -0.39 is 0 Å². The van der Waals surface area contributed by atoms with Gasteiger partial charge in [-0.15, -0.1) is 24.0 Å². The lowest BCUT2D eigenvalue weighted by Crippen LogP contribution is -2.50. The van der Waals surface area contributed by atoms with Crippen molar-refractivity contribution in [2.45, 2.75) is 52.5 Å². The molecule has 0 amide bonds. The van der Waals surface area contributed by atoms with E-state index in [1.54, 1.807) is 0 Å². The number of nitrogens with zero attached hydrogens (tertiary/aromatic N) is 3. The van der Waals surface area contributed by atoms with Crippen LogP contribution in [0.1, 0.15) is 46.5 Å². The van der Waals surface area contributed by atoms with E-state index in [0.29, 0.717) is 6.04 Å². The Kier molecular flexibility index (Phi) is 9.05. The molecule has 4 nitrogen and oxygen atoms in total. The lowest BCUT2D eigenvalue weighted by Gasteiger charge is -2.37. The number of rotatable bonds is 3. The Bertz CT molecular complexity index is 332. The van der Waals surface area contributed by atoms with Crippen LogP contribution in [0.3, 0.4) is 0 Å². The van der Waals surface area contributed by atoms with Crippen LogP contribution in [-0.2, 0) is 0 Å². The van der Waals surface area contributed by atoms with Gasteiger partial charge in [0, 0.05) is 32.7 Å². The summed E-state index contributed by atoms with van der Waals surface area (Å²) in [6.45, 7) is 12.9. The second-order valence-corrected chi connectivity index (χ2v) is 7.17. The van der Waals surface area contributed by atoms with Crippen molar-refractivity contribution in [3.63, 3.8) is 0 Å². The van der Waals surface area contributed by atoms with Gasteiger partial charge < -0.3 is 10.2 Å². The van der Waals surface area contributed by atoms with E-state index in [4.69, 9.17) is 0 Å². The van der Waals surface area contributed by atoms with E-state index in [1.165, 1.54) is 38.8 Å². The van der Waals surface area contributed by atoms with E-state index in [1.807, 2.05) is 7.05 Å². The molecule has 2 rings (SSSR count). The summed E-state index contributed by atoms with van der Waals surface area (Å²) in [6, 6.07) is 0.595. The van der Waals surface area contributed by atoms with Crippen molar-refractivity contribution >= 4 is 29.9 Å². The SMILES string of the molecule is CN=C(NCC(C)N1CCC(C)CC1)N1CCC(C)CC1.I. The molecule has 1 atom stereocenters. The second kappa shape index (κ2) is 9.96. The first-order valence-corrected chi connectivity index (χ1v) is 8.79. The van der Waals surface area contributed by atoms with Crippen LogP contribution in [0.4, 0.5) is 0 Å². The highest BCUT2D eigenvalue weighted by molar-refractivity contribution is 14.0. The minimum atomic E-state index is 0. The van der Waals surface area contributed by atoms with E-state index in [0.717, 1.165) is 37.4 Å². The third-order valence-corrected chi connectivity index (χ3v) is 5.29. The number of nitrogens with one attached hydrogen (secondary N) is 1. The summed E-state index contributed by atoms with van der Waals surface area (Å²) >= 11 is 0. The molecule has 0 aromatic heterocycles. The molecule has 2 aliphatic heterocycles. The summed E-state index contributed by atoms with van der Waals surface area (Å²) in [5, 5.41) is 3.60. The standard InChI is InChI=1S/C17H34N4.HI/c1-14-5-9-20(10-6-14)16(3)13-19-17(18-4)21-11-7-15(2)8-12-21;/h14-16H,5-13H2,1-4H3,(H,18,19);1H. The molecular formula is C17H35IN4. The lowest BCUT2D eigenvalue weighted by atomic mass is 9.98. The van der Waals surface area contributed by atoms with Gasteiger partial charge in [0.25, 0.3) is 0 Å². The molecule has 0 spiro atoms. The van der Waals surface area contributed by atoms with Gasteiger partial charge in [-0.2, -0.15) is 0 Å². The number of piperidine rings is 2. The van der Waals surface area contributed by atoms with Crippen LogP contribution >= 0.6 is 24.0 Å². The Morgan fingerprint density at radius 3 is 2.05 bits per heavy atom. The molecule has 2 saturated heterocycles. The first-order chi connectivity index (χ1) is 10.1. The summed E-state index contributed by atoms with van der Waals surface area (Å²) in [5.41, 5.74) is 0. The maximum absolute atomic E-state index is 4.48. The van der Waals surface area contributed by atoms with Crippen molar-refractivity contribution in [1.29, 1.82) is 0 Å². The predicted molar refractivity (Wildman–Crippen MR) is 106 cm³/mol. The van der Waals surface area contributed by atoms with Gasteiger partial charge in [0.1, 0.15) is 0 Å². The number of halogens is 1. The molecule has 0 aromatic carbocycles. The fourth-order valence-corrected chi connectivity index (χ4v) is 3.39. The zero-order valence-corrected chi connectivity index (χ0v) is 17.2. The van der Waals surface area contributed by atoms with Crippen LogP contribution in [0.5, 0.6) is 0 Å². The number of hydrogen-bond acceptors (Lipinski definition) is 2. The van der Waals surface area contributed by atoms with Gasteiger partial charge >= 0.3 is 0 Å². The lowest BCUT2D eigenvalue weighted by molar-refractivity contribution is 0.146. The van der Waals surface area contributed by atoms with Crippen LogP contribution < -0.4 is 5.32 Å². The molecule has 0 aliphatic carbocycles. The van der Waals surface area contributed by atoms with Crippen molar-refractivity contribution in [2.24, 2.45) is 16.8 Å². The van der Waals surface area contributed by atoms with Gasteiger partial charge in [0.2, 0.25) is 0 Å². The van der Waals surface area contributed by atoms with Crippen LogP contribution in [0.15, 0.2) is 4.99 Å². The van der Waals surface area contributed by atoms with Crippen LogP contribution in [0.2, 0.25) is 0 Å². The van der Waals surface area contributed by atoms with Gasteiger partial charge in [-0.05, 0) is 57.5 Å². The average molecular weight is 422 g/mol. The maximum Gasteiger partial charge on any atom is 0.193 e. The zero-order chi connectivity index (χ0) is 15.2. The monoisotopic (exact) mass is 422 g/mol. The van der Waals surface area contributed by atoms with E-state index in [9.17, 15) is 0 Å². The summed E-state index contributed by atoms with van der Waals surface area (Å²) < 4.78 is 0. The summed E-state index contributed by atoms with van der Waals surface area (Å²) in [7, 11) is 1.91. The number of aliphatic imine (C=N–C) groups is 1. The maximum atomic E-state index is 4.48. The molecule has 0 radical (unpaired) electrons. The number of likely N-dealkylation sites (tertiary alicyclic amines) is 2. The number of hydrogen-bond donors (Lipinski definition) is 1. The molecule has 22 heavy (non-hydrogen) atoms. The highest BCUT2D eigenvalue weighted by Crippen LogP contribution is 2.18. The third-order valence-electron chi connectivity index (χ3n) is 5.29. The highest BCUT2D eigenvalue weighted by atomic mass is 127. The first kappa shape index (κ1) is 20.0. The van der Waals surface area contributed by atoms with Crippen LogP contribution in [0, 0.1) is 11.8 Å². The van der Waals surface area contributed by atoms with Gasteiger partial charge in [-0.25, -0.2) is 0 Å². The number of guanidine groups is 1. The summed E-state index contributed by atoms with van der Waals surface area (Å²) in [6.07, 6.45) is 5.28. The molecule has 2 heterocycles. The van der Waals surface area contributed by atoms with E-state index in [2.05, 4.69) is 40.9 Å². The normalized spacial score (nSPS) is 24.0. The summed E-state index contributed by atoms with van der Waals surface area (Å²) in [4.78, 5) is 9.52. The molecule has 0 saturated carbocycles. The Morgan fingerprint density at radius 1 is 1.05 bits per heavy atom. The van der Waals surface area contributed by atoms with Crippen molar-refractivity contribution in [2.75, 3.05) is 39.8 Å². The average Bonchev–Trinajstić information content (AvgIpc) is 2.50. The first-order valence-electron chi connectivity index (χ1n) is 8.79. The Hall–Kier alpha value is -0.0400. The highest BCUT2D eigenvalue weighted by Gasteiger charge is 2.22. The Labute approximate surface area is 154 Å². The molecule has 0 aromatic rings. The Balaban J connectivity index is 0.00000242. The topological polar surface area (TPSA) is 30.9 Å².